The largest absolute Gasteiger partial charge is 0.508 e. The number of carbonyl (C=O) groups excluding carboxylic acids is 1. The summed E-state index contributed by atoms with van der Waals surface area (Å²) in [5, 5.41) is 0.661. The number of halogens is 1. The van der Waals surface area contributed by atoms with Gasteiger partial charge in [-0.2, -0.15) is 0 Å². The lowest BCUT2D eigenvalue weighted by Gasteiger charge is -2.43. The smallest absolute Gasteiger partial charge is 0.494 e. The number of hydrogen-bond donors (Lipinski definition) is 0. The van der Waals surface area contributed by atoms with E-state index < -0.39 is 23.6 Å². The van der Waals surface area contributed by atoms with E-state index >= 15 is 0 Å². The predicted octanol–water partition coefficient (Wildman–Crippen LogP) is 9.85. The summed E-state index contributed by atoms with van der Waals surface area (Å²) >= 11 is 6.69. The molecule has 4 aromatic rings. The van der Waals surface area contributed by atoms with Gasteiger partial charge in [-0.25, -0.2) is 4.79 Å². The number of aryl methyl sites for hydroxylation is 1. The van der Waals surface area contributed by atoms with E-state index in [1.54, 1.807) is 13.8 Å². The fourth-order valence-electron chi connectivity index (χ4n) is 6.34. The van der Waals surface area contributed by atoms with E-state index in [2.05, 4.69) is 31.2 Å². The van der Waals surface area contributed by atoms with E-state index in [-0.39, 0.29) is 18.8 Å². The van der Waals surface area contributed by atoms with Crippen molar-refractivity contribution in [2.75, 3.05) is 13.2 Å². The Kier molecular flexibility index (Phi) is 13.0. The fourth-order valence-corrected chi connectivity index (χ4v) is 6.52. The second kappa shape index (κ2) is 17.4. The molecule has 2 aliphatic heterocycles. The minimum atomic E-state index is -1.09. The summed E-state index contributed by atoms with van der Waals surface area (Å²) in [6, 6.07) is 34.4. The summed E-state index contributed by atoms with van der Waals surface area (Å²) in [4.78, 5) is 12.4. The predicted molar refractivity (Wildman–Crippen MR) is 196 cm³/mol. The summed E-state index contributed by atoms with van der Waals surface area (Å²) in [6.45, 7) is 10.8. The van der Waals surface area contributed by atoms with Gasteiger partial charge in [0.05, 0.1) is 32.0 Å². The highest BCUT2D eigenvalue weighted by atomic mass is 35.5. The van der Waals surface area contributed by atoms with Crippen LogP contribution in [0.1, 0.15) is 75.3 Å². The van der Waals surface area contributed by atoms with E-state index in [0.29, 0.717) is 37.5 Å². The van der Waals surface area contributed by atoms with Gasteiger partial charge in [0.2, 0.25) is 0 Å². The van der Waals surface area contributed by atoms with E-state index in [9.17, 15) is 4.79 Å². The van der Waals surface area contributed by atoms with Gasteiger partial charge in [0.25, 0.3) is 0 Å². The Labute approximate surface area is 301 Å². The lowest BCUT2D eigenvalue weighted by Crippen LogP contribution is -2.53. The zero-order valence-electron chi connectivity index (χ0n) is 29.7. The Morgan fingerprint density at radius 2 is 1.52 bits per heavy atom. The molecule has 7 nitrogen and oxygen atoms in total. The molecule has 4 aromatic carbocycles. The Bertz CT molecular complexity index is 1650. The highest BCUT2D eigenvalue weighted by molar-refractivity contribution is 6.31. The van der Waals surface area contributed by atoms with Crippen LogP contribution in [0.2, 0.25) is 5.02 Å². The molecule has 0 amide bonds. The zero-order chi connectivity index (χ0) is 35.6. The number of carbonyl (C=O) groups is 1. The van der Waals surface area contributed by atoms with Gasteiger partial charge in [0, 0.05) is 23.4 Å². The highest BCUT2D eigenvalue weighted by Gasteiger charge is 2.61. The number of ether oxygens (including phenoxy) is 6. The molecule has 0 aliphatic carbocycles. The number of fused-ring (bicyclic) bond motifs is 2. The molecule has 4 atom stereocenters. The normalized spacial score (nSPS) is 21.5. The van der Waals surface area contributed by atoms with E-state index in [1.165, 1.54) is 5.56 Å². The van der Waals surface area contributed by atoms with Crippen molar-refractivity contribution in [3.8, 4) is 5.75 Å². The quantitative estimate of drug-likeness (QED) is 0.136. The topological polar surface area (TPSA) is 72.5 Å². The highest BCUT2D eigenvalue weighted by Crippen LogP contribution is 2.52. The molecule has 0 spiro atoms. The van der Waals surface area contributed by atoms with Gasteiger partial charge in [-0.1, -0.05) is 97.4 Å². The maximum Gasteiger partial charge on any atom is 0.508 e. The van der Waals surface area contributed by atoms with Crippen LogP contribution in [0.15, 0.2) is 103 Å². The van der Waals surface area contributed by atoms with Crippen LogP contribution in [0.25, 0.3) is 0 Å². The second-order valence-electron chi connectivity index (χ2n) is 13.1. The van der Waals surface area contributed by atoms with Gasteiger partial charge < -0.3 is 28.4 Å². The van der Waals surface area contributed by atoms with Crippen LogP contribution in [-0.2, 0) is 48.9 Å². The van der Waals surface area contributed by atoms with Gasteiger partial charge >= 0.3 is 6.16 Å². The van der Waals surface area contributed by atoms with Crippen LogP contribution in [0.4, 0.5) is 4.79 Å². The molecule has 2 unspecified atom stereocenters. The lowest BCUT2D eigenvalue weighted by molar-refractivity contribution is -0.265. The number of hydrogen-bond acceptors (Lipinski definition) is 7. The number of benzene rings is 4. The average Bonchev–Trinajstić information content (AvgIpc) is 3.41. The van der Waals surface area contributed by atoms with Crippen molar-refractivity contribution in [1.82, 2.24) is 0 Å². The van der Waals surface area contributed by atoms with Gasteiger partial charge in [-0.3, -0.25) is 0 Å². The van der Waals surface area contributed by atoms with Crippen molar-refractivity contribution >= 4 is 17.8 Å². The third kappa shape index (κ3) is 9.67. The van der Waals surface area contributed by atoms with Gasteiger partial charge in [-0.15, -0.1) is 0 Å². The molecular weight excluding hydrogens is 652 g/mol. The monoisotopic (exact) mass is 700 g/mol. The molecule has 0 saturated carbocycles. The summed E-state index contributed by atoms with van der Waals surface area (Å²) < 4.78 is 36.3. The summed E-state index contributed by atoms with van der Waals surface area (Å²) in [6.07, 6.45) is 0.889. The molecule has 0 N–H and O–H groups in total. The maximum atomic E-state index is 12.4. The third-order valence-electron chi connectivity index (χ3n) is 9.03. The van der Waals surface area contributed by atoms with Gasteiger partial charge in [-0.05, 0) is 87.1 Å². The van der Waals surface area contributed by atoms with Crippen molar-refractivity contribution in [2.24, 2.45) is 0 Å². The van der Waals surface area contributed by atoms with Crippen LogP contribution in [0.3, 0.4) is 0 Å². The molecule has 8 heteroatoms. The molecular formula is C42H49ClO7. The van der Waals surface area contributed by atoms with Crippen LogP contribution in [0.5, 0.6) is 5.75 Å². The van der Waals surface area contributed by atoms with Crippen molar-refractivity contribution in [1.29, 1.82) is 0 Å². The van der Waals surface area contributed by atoms with E-state index in [4.69, 9.17) is 40.0 Å². The molecule has 2 bridgehead atoms. The van der Waals surface area contributed by atoms with Crippen molar-refractivity contribution in [2.45, 2.75) is 96.6 Å². The Morgan fingerprint density at radius 3 is 2.14 bits per heavy atom. The van der Waals surface area contributed by atoms with E-state index in [1.807, 2.05) is 92.7 Å². The first-order valence-corrected chi connectivity index (χ1v) is 17.9. The van der Waals surface area contributed by atoms with Crippen LogP contribution >= 0.6 is 11.6 Å². The standard InChI is InChI=1S/C34H39ClO7.C8H10/c1-5-37-29-14-11-25(12-15-29)17-27-18-28(13-16-31(27)35)34-20-30(38-21-26-9-7-6-8-10-26)19-33(42-34,22-39-34)24(4)41-32(36)40-23(2)3;1-2-8-6-4-3-5-7-8/h6-16,18,23-24,30H,5,17,19-22H2,1-4H3;3-7H,2H2,1H3/t24?,30?,33-,34-;/m1./s1. The summed E-state index contributed by atoms with van der Waals surface area (Å²) in [7, 11) is 0. The first kappa shape index (κ1) is 37.4. The molecule has 2 aliphatic rings. The molecule has 266 valence electrons. The van der Waals surface area contributed by atoms with E-state index in [0.717, 1.165) is 34.4 Å². The first-order valence-electron chi connectivity index (χ1n) is 17.5. The van der Waals surface area contributed by atoms with Crippen molar-refractivity contribution in [3.63, 3.8) is 0 Å². The molecule has 2 saturated heterocycles. The second-order valence-corrected chi connectivity index (χ2v) is 13.5. The molecule has 2 heterocycles. The zero-order valence-corrected chi connectivity index (χ0v) is 30.5. The van der Waals surface area contributed by atoms with Crippen molar-refractivity contribution < 1.29 is 33.2 Å². The third-order valence-corrected chi connectivity index (χ3v) is 9.40. The van der Waals surface area contributed by atoms with Crippen LogP contribution < -0.4 is 4.74 Å². The Hall–Kier alpha value is -3.88. The fraction of sp³-hybridized carbons (Fsp3) is 0.405. The molecule has 50 heavy (non-hydrogen) atoms. The maximum absolute atomic E-state index is 12.4. The summed E-state index contributed by atoms with van der Waals surface area (Å²) in [5.41, 5.74) is 4.48. The van der Waals surface area contributed by atoms with Gasteiger partial charge in [0.15, 0.2) is 5.79 Å². The van der Waals surface area contributed by atoms with Crippen LogP contribution in [0, 0.1) is 0 Å². The summed E-state index contributed by atoms with van der Waals surface area (Å²) in [5.74, 6) is -0.251. The van der Waals surface area contributed by atoms with Crippen molar-refractivity contribution in [3.05, 3.63) is 136 Å². The lowest BCUT2D eigenvalue weighted by atomic mass is 9.84. The minimum Gasteiger partial charge on any atom is -0.494 e. The molecule has 0 radical (unpaired) electrons. The minimum absolute atomic E-state index is 0.209. The SMILES string of the molecule is CCOc1ccc(Cc2cc([C@]34CC(OCc5ccccc5)C[C@](C(C)OC(=O)OC(C)C)(CO3)O4)ccc2Cl)cc1.CCc1ccccc1. The van der Waals surface area contributed by atoms with Crippen LogP contribution in [-0.4, -0.2) is 43.3 Å². The molecule has 0 aromatic heterocycles. The Morgan fingerprint density at radius 1 is 0.840 bits per heavy atom. The van der Waals surface area contributed by atoms with Gasteiger partial charge in [0.1, 0.15) is 17.5 Å². The Balaban J connectivity index is 0.000000535. The first-order chi connectivity index (χ1) is 24.1. The number of rotatable bonds is 12. The average molecular weight is 701 g/mol. The molecule has 6 rings (SSSR count). The molecule has 2 fully saturated rings.